The maximum atomic E-state index is 14.1. The van der Waals surface area contributed by atoms with E-state index in [0.717, 1.165) is 42.0 Å². The lowest BCUT2D eigenvalue weighted by Crippen LogP contribution is -2.53. The van der Waals surface area contributed by atoms with Crippen molar-refractivity contribution in [1.82, 2.24) is 10.2 Å². The fourth-order valence-electron chi connectivity index (χ4n) is 4.98. The first-order chi connectivity index (χ1) is 20.0. The summed E-state index contributed by atoms with van der Waals surface area (Å²) in [7, 11) is -4.15. The van der Waals surface area contributed by atoms with Crippen LogP contribution in [0.25, 0.3) is 0 Å². The number of nitrogens with one attached hydrogen (secondary N) is 1. The molecule has 3 aromatic carbocycles. The highest BCUT2D eigenvalue weighted by molar-refractivity contribution is 9.10. The van der Waals surface area contributed by atoms with Gasteiger partial charge in [-0.05, 0) is 74.7 Å². The SMILES string of the molecule is Cc1ccc(S(=O)(=O)N(CC(=O)N(Cc2ccc(Cl)cc2Cl)C(C)C(=O)NC2CCCCC2)c2cccc(Br)c2)cc1. The van der Waals surface area contributed by atoms with Gasteiger partial charge in [0.1, 0.15) is 12.6 Å². The molecule has 0 bridgehead atoms. The second-order valence-electron chi connectivity index (χ2n) is 10.6. The summed E-state index contributed by atoms with van der Waals surface area (Å²) in [5.41, 5.74) is 1.80. The average Bonchev–Trinajstić information content (AvgIpc) is 2.95. The highest BCUT2D eigenvalue weighted by Gasteiger charge is 2.33. The molecule has 0 aromatic heterocycles. The molecule has 0 saturated heterocycles. The summed E-state index contributed by atoms with van der Waals surface area (Å²) in [6.07, 6.45) is 5.01. The van der Waals surface area contributed by atoms with Crippen LogP contribution in [0.1, 0.15) is 50.2 Å². The lowest BCUT2D eigenvalue weighted by Gasteiger charge is -2.33. The van der Waals surface area contributed by atoms with E-state index in [1.165, 1.54) is 17.0 Å². The largest absolute Gasteiger partial charge is 0.352 e. The van der Waals surface area contributed by atoms with Crippen molar-refractivity contribution in [2.24, 2.45) is 0 Å². The van der Waals surface area contributed by atoms with Gasteiger partial charge in [-0.15, -0.1) is 0 Å². The first kappa shape index (κ1) is 32.3. The topological polar surface area (TPSA) is 86.8 Å². The summed E-state index contributed by atoms with van der Waals surface area (Å²) in [5.74, 6) is -0.848. The number of hydrogen-bond donors (Lipinski definition) is 1. The Kier molecular flexibility index (Phi) is 11.0. The number of carbonyl (C=O) groups is 2. The fourth-order valence-corrected chi connectivity index (χ4v) is 7.24. The van der Waals surface area contributed by atoms with Crippen LogP contribution in [0.15, 0.2) is 76.1 Å². The summed E-state index contributed by atoms with van der Waals surface area (Å²) in [6, 6.07) is 17.3. The van der Waals surface area contributed by atoms with E-state index < -0.39 is 28.5 Å². The van der Waals surface area contributed by atoms with Crippen LogP contribution in [-0.4, -0.2) is 43.8 Å². The van der Waals surface area contributed by atoms with Gasteiger partial charge >= 0.3 is 0 Å². The summed E-state index contributed by atoms with van der Waals surface area (Å²) < 4.78 is 29.6. The lowest BCUT2D eigenvalue weighted by atomic mass is 9.95. The van der Waals surface area contributed by atoms with Gasteiger partial charge in [-0.2, -0.15) is 0 Å². The Bertz CT molecular complexity index is 1530. The van der Waals surface area contributed by atoms with E-state index >= 15 is 0 Å². The first-order valence-electron chi connectivity index (χ1n) is 13.8. The molecular weight excluding hydrogens is 661 g/mol. The zero-order valence-electron chi connectivity index (χ0n) is 23.5. The molecule has 11 heteroatoms. The molecule has 1 N–H and O–H groups in total. The van der Waals surface area contributed by atoms with Crippen LogP contribution in [-0.2, 0) is 26.2 Å². The third kappa shape index (κ3) is 8.07. The molecule has 1 saturated carbocycles. The van der Waals surface area contributed by atoms with Crippen LogP contribution in [0, 0.1) is 6.92 Å². The van der Waals surface area contributed by atoms with E-state index in [1.54, 1.807) is 61.5 Å². The quantitative estimate of drug-likeness (QED) is 0.245. The average molecular weight is 696 g/mol. The Morgan fingerprint density at radius 3 is 2.33 bits per heavy atom. The Morgan fingerprint density at radius 1 is 1.00 bits per heavy atom. The number of benzene rings is 3. The molecular formula is C31H34BrCl2N3O4S. The van der Waals surface area contributed by atoms with Gasteiger partial charge in [-0.3, -0.25) is 13.9 Å². The van der Waals surface area contributed by atoms with E-state index in [4.69, 9.17) is 23.2 Å². The van der Waals surface area contributed by atoms with Gasteiger partial charge in [-0.25, -0.2) is 8.42 Å². The first-order valence-corrected chi connectivity index (χ1v) is 16.8. The van der Waals surface area contributed by atoms with E-state index in [2.05, 4.69) is 21.2 Å². The number of amides is 2. The molecule has 2 amide bonds. The molecule has 0 heterocycles. The number of sulfonamides is 1. The van der Waals surface area contributed by atoms with Crippen LogP contribution in [0.5, 0.6) is 0 Å². The number of carbonyl (C=O) groups excluding carboxylic acids is 2. The molecule has 1 atom stereocenters. The van der Waals surface area contributed by atoms with Gasteiger partial charge in [0.25, 0.3) is 10.0 Å². The number of nitrogens with zero attached hydrogens (tertiary/aromatic N) is 2. The second-order valence-corrected chi connectivity index (χ2v) is 14.2. The molecule has 0 spiro atoms. The molecule has 224 valence electrons. The van der Waals surface area contributed by atoms with Crippen molar-refractivity contribution in [3.05, 3.63) is 92.4 Å². The third-order valence-electron chi connectivity index (χ3n) is 7.46. The molecule has 0 aliphatic heterocycles. The summed E-state index contributed by atoms with van der Waals surface area (Å²) in [4.78, 5) is 29.0. The predicted molar refractivity (Wildman–Crippen MR) is 171 cm³/mol. The Balaban J connectivity index is 1.69. The lowest BCUT2D eigenvalue weighted by molar-refractivity contribution is -0.139. The zero-order chi connectivity index (χ0) is 30.4. The minimum atomic E-state index is -4.15. The molecule has 1 unspecified atom stereocenters. The summed E-state index contributed by atoms with van der Waals surface area (Å²) in [6.45, 7) is 2.98. The maximum Gasteiger partial charge on any atom is 0.264 e. The summed E-state index contributed by atoms with van der Waals surface area (Å²) >= 11 is 16.0. The van der Waals surface area contributed by atoms with Gasteiger partial charge in [0, 0.05) is 27.1 Å². The van der Waals surface area contributed by atoms with Crippen LogP contribution in [0.2, 0.25) is 10.0 Å². The smallest absolute Gasteiger partial charge is 0.264 e. The zero-order valence-corrected chi connectivity index (χ0v) is 27.4. The van der Waals surface area contributed by atoms with Gasteiger partial charge in [0.15, 0.2) is 0 Å². The number of halogens is 3. The van der Waals surface area contributed by atoms with Crippen molar-refractivity contribution in [3.63, 3.8) is 0 Å². The number of rotatable bonds is 10. The Hall–Kier alpha value is -2.59. The second kappa shape index (κ2) is 14.3. The molecule has 42 heavy (non-hydrogen) atoms. The van der Waals surface area contributed by atoms with Crippen molar-refractivity contribution >= 4 is 66.7 Å². The van der Waals surface area contributed by atoms with E-state index in [1.807, 2.05) is 6.92 Å². The minimum Gasteiger partial charge on any atom is -0.352 e. The van der Waals surface area contributed by atoms with Crippen molar-refractivity contribution in [2.75, 3.05) is 10.8 Å². The fraction of sp³-hybridized carbons (Fsp3) is 0.355. The number of anilines is 1. The van der Waals surface area contributed by atoms with Crippen LogP contribution in [0.4, 0.5) is 5.69 Å². The van der Waals surface area contributed by atoms with Crippen molar-refractivity contribution in [1.29, 1.82) is 0 Å². The number of aryl methyl sites for hydroxylation is 1. The molecule has 1 fully saturated rings. The van der Waals surface area contributed by atoms with Gasteiger partial charge in [0.2, 0.25) is 11.8 Å². The van der Waals surface area contributed by atoms with Crippen molar-refractivity contribution < 1.29 is 18.0 Å². The Labute approximate surface area is 266 Å². The monoisotopic (exact) mass is 693 g/mol. The normalized spacial score (nSPS) is 14.7. The van der Waals surface area contributed by atoms with Crippen LogP contribution >= 0.6 is 39.1 Å². The van der Waals surface area contributed by atoms with Crippen molar-refractivity contribution in [3.8, 4) is 0 Å². The third-order valence-corrected chi connectivity index (χ3v) is 10.3. The minimum absolute atomic E-state index is 0.00894. The molecule has 1 aliphatic rings. The standard InChI is InChI=1S/C31H34BrCl2N3O4S/c1-21-11-15-28(16-12-21)42(40,41)37(27-10-6-7-24(32)17-27)20-30(38)36(19-23-13-14-25(33)18-29(23)34)22(2)31(39)35-26-8-4-3-5-9-26/h6-7,10-18,22,26H,3-5,8-9,19-20H2,1-2H3,(H,35,39). The molecule has 3 aromatic rings. The van der Waals surface area contributed by atoms with Gasteiger partial charge < -0.3 is 10.2 Å². The van der Waals surface area contributed by atoms with E-state index in [-0.39, 0.29) is 23.4 Å². The highest BCUT2D eigenvalue weighted by Crippen LogP contribution is 2.28. The van der Waals surface area contributed by atoms with Crippen LogP contribution in [0.3, 0.4) is 0 Å². The maximum absolute atomic E-state index is 14.1. The van der Waals surface area contributed by atoms with Crippen LogP contribution < -0.4 is 9.62 Å². The molecule has 0 radical (unpaired) electrons. The van der Waals surface area contributed by atoms with Crippen molar-refractivity contribution in [2.45, 2.75) is 69.5 Å². The van der Waals surface area contributed by atoms with E-state index in [9.17, 15) is 18.0 Å². The highest BCUT2D eigenvalue weighted by atomic mass is 79.9. The Morgan fingerprint density at radius 2 is 1.69 bits per heavy atom. The number of hydrogen-bond acceptors (Lipinski definition) is 4. The summed E-state index contributed by atoms with van der Waals surface area (Å²) in [5, 5.41) is 3.88. The van der Waals surface area contributed by atoms with E-state index in [0.29, 0.717) is 25.8 Å². The van der Waals surface area contributed by atoms with Gasteiger partial charge in [0.05, 0.1) is 10.6 Å². The molecule has 1 aliphatic carbocycles. The predicted octanol–water partition coefficient (Wildman–Crippen LogP) is 7.13. The molecule has 4 rings (SSSR count). The van der Waals surface area contributed by atoms with Gasteiger partial charge in [-0.1, -0.05) is 88.2 Å². The molecule has 7 nitrogen and oxygen atoms in total.